The van der Waals surface area contributed by atoms with Gasteiger partial charge in [0.15, 0.2) is 0 Å². The molecule has 3 rings (SSSR count). The Hall–Kier alpha value is -2.46. The van der Waals surface area contributed by atoms with Crippen LogP contribution in [-0.2, 0) is 4.74 Å². The lowest BCUT2D eigenvalue weighted by atomic mass is 9.98. The Balaban J connectivity index is 2.31. The van der Waals surface area contributed by atoms with Crippen molar-refractivity contribution < 1.29 is 13.9 Å². The van der Waals surface area contributed by atoms with E-state index in [1.54, 1.807) is 18.2 Å². The molecule has 0 N–H and O–H groups in total. The number of aryl methyl sites for hydroxylation is 1. The minimum Gasteiger partial charge on any atom is -0.465 e. The van der Waals surface area contributed by atoms with E-state index in [4.69, 9.17) is 16.3 Å². The SMILES string of the molecule is COC(=O)c1ccc2c(F)cnc(-c3ccc(Cl)cc3C)c2c1. The summed E-state index contributed by atoms with van der Waals surface area (Å²) in [5.74, 6) is -0.915. The highest BCUT2D eigenvalue weighted by atomic mass is 35.5. The molecule has 0 spiro atoms. The van der Waals surface area contributed by atoms with Crippen molar-refractivity contribution in [3.8, 4) is 11.3 Å². The van der Waals surface area contributed by atoms with E-state index in [1.165, 1.54) is 19.4 Å². The summed E-state index contributed by atoms with van der Waals surface area (Å²) in [7, 11) is 1.31. The molecule has 116 valence electrons. The number of rotatable bonds is 2. The van der Waals surface area contributed by atoms with E-state index < -0.39 is 11.8 Å². The van der Waals surface area contributed by atoms with Gasteiger partial charge in [-0.3, -0.25) is 4.98 Å². The fourth-order valence-electron chi connectivity index (χ4n) is 2.56. The van der Waals surface area contributed by atoms with E-state index in [2.05, 4.69) is 4.98 Å². The highest BCUT2D eigenvalue weighted by molar-refractivity contribution is 6.30. The van der Waals surface area contributed by atoms with Gasteiger partial charge >= 0.3 is 5.97 Å². The number of halogens is 2. The number of carbonyl (C=O) groups excluding carboxylic acids is 1. The molecule has 0 bridgehead atoms. The van der Waals surface area contributed by atoms with Crippen molar-refractivity contribution in [2.24, 2.45) is 0 Å². The Morgan fingerprint density at radius 1 is 1.17 bits per heavy atom. The van der Waals surface area contributed by atoms with Crippen molar-refractivity contribution in [3.63, 3.8) is 0 Å². The summed E-state index contributed by atoms with van der Waals surface area (Å²) in [5, 5.41) is 1.57. The number of aromatic nitrogens is 1. The Morgan fingerprint density at radius 3 is 2.65 bits per heavy atom. The van der Waals surface area contributed by atoms with Crippen LogP contribution in [0.3, 0.4) is 0 Å². The first-order chi connectivity index (χ1) is 11.0. The first-order valence-corrected chi connectivity index (χ1v) is 7.32. The van der Waals surface area contributed by atoms with Gasteiger partial charge < -0.3 is 4.74 Å². The molecule has 0 amide bonds. The Morgan fingerprint density at radius 2 is 1.96 bits per heavy atom. The second kappa shape index (κ2) is 5.97. The molecule has 0 aliphatic carbocycles. The molecule has 0 saturated carbocycles. The third kappa shape index (κ3) is 2.78. The maximum absolute atomic E-state index is 14.1. The second-order valence-electron chi connectivity index (χ2n) is 5.17. The third-order valence-corrected chi connectivity index (χ3v) is 3.94. The monoisotopic (exact) mass is 329 g/mol. The molecule has 5 heteroatoms. The second-order valence-corrected chi connectivity index (χ2v) is 5.60. The Labute approximate surface area is 137 Å². The molecular weight excluding hydrogens is 317 g/mol. The molecule has 1 heterocycles. The van der Waals surface area contributed by atoms with E-state index >= 15 is 0 Å². The molecular formula is C18H13ClFNO2. The normalized spacial score (nSPS) is 10.8. The van der Waals surface area contributed by atoms with Crippen molar-refractivity contribution in [2.75, 3.05) is 7.11 Å². The van der Waals surface area contributed by atoms with Crippen LogP contribution in [0.5, 0.6) is 0 Å². The molecule has 2 aromatic carbocycles. The summed E-state index contributed by atoms with van der Waals surface area (Å²) in [6.45, 7) is 1.91. The highest BCUT2D eigenvalue weighted by Crippen LogP contribution is 2.32. The first-order valence-electron chi connectivity index (χ1n) is 6.94. The van der Waals surface area contributed by atoms with Gasteiger partial charge in [0.05, 0.1) is 24.6 Å². The molecule has 0 saturated heterocycles. The van der Waals surface area contributed by atoms with E-state index in [0.29, 0.717) is 27.1 Å². The molecule has 0 atom stereocenters. The quantitative estimate of drug-likeness (QED) is 0.634. The molecule has 0 radical (unpaired) electrons. The molecule has 23 heavy (non-hydrogen) atoms. The molecule has 3 aromatic rings. The Kier molecular flexibility index (Phi) is 4.01. The average Bonchev–Trinajstić information content (AvgIpc) is 2.55. The fraction of sp³-hybridized carbons (Fsp3) is 0.111. The van der Waals surface area contributed by atoms with Crippen molar-refractivity contribution >= 4 is 28.3 Å². The van der Waals surface area contributed by atoms with Crippen molar-refractivity contribution in [3.05, 3.63) is 64.6 Å². The lowest BCUT2D eigenvalue weighted by Gasteiger charge is -2.11. The highest BCUT2D eigenvalue weighted by Gasteiger charge is 2.14. The summed E-state index contributed by atoms with van der Waals surface area (Å²) in [4.78, 5) is 16.0. The van der Waals surface area contributed by atoms with E-state index in [9.17, 15) is 9.18 Å². The number of fused-ring (bicyclic) bond motifs is 1. The van der Waals surface area contributed by atoms with Crippen LogP contribution in [0.2, 0.25) is 5.02 Å². The number of hydrogen-bond donors (Lipinski definition) is 0. The van der Waals surface area contributed by atoms with Crippen LogP contribution in [0, 0.1) is 12.7 Å². The summed E-state index contributed by atoms with van der Waals surface area (Å²) in [6.07, 6.45) is 1.18. The molecule has 1 aromatic heterocycles. The van der Waals surface area contributed by atoms with Crippen molar-refractivity contribution in [2.45, 2.75) is 6.92 Å². The molecule has 0 aliphatic rings. The van der Waals surface area contributed by atoms with Crippen LogP contribution >= 0.6 is 11.6 Å². The Bertz CT molecular complexity index is 924. The number of hydrogen-bond acceptors (Lipinski definition) is 3. The van der Waals surface area contributed by atoms with Gasteiger partial charge in [-0.25, -0.2) is 9.18 Å². The van der Waals surface area contributed by atoms with Crippen LogP contribution in [0.1, 0.15) is 15.9 Å². The van der Waals surface area contributed by atoms with Gasteiger partial charge in [-0.15, -0.1) is 0 Å². The summed E-state index contributed by atoms with van der Waals surface area (Å²) in [6, 6.07) is 10.1. The fourth-order valence-corrected chi connectivity index (χ4v) is 2.79. The van der Waals surface area contributed by atoms with Gasteiger partial charge in [0.25, 0.3) is 0 Å². The van der Waals surface area contributed by atoms with E-state index in [-0.39, 0.29) is 0 Å². The number of methoxy groups -OCH3 is 1. The molecule has 0 unspecified atom stereocenters. The van der Waals surface area contributed by atoms with Crippen molar-refractivity contribution in [1.82, 2.24) is 4.98 Å². The van der Waals surface area contributed by atoms with E-state index in [1.807, 2.05) is 19.1 Å². The largest absolute Gasteiger partial charge is 0.465 e. The van der Waals surface area contributed by atoms with Gasteiger partial charge in [-0.1, -0.05) is 23.7 Å². The average molecular weight is 330 g/mol. The first kappa shape index (κ1) is 15.4. The van der Waals surface area contributed by atoms with Gasteiger partial charge in [-0.05, 0) is 36.8 Å². The number of pyridine rings is 1. The summed E-state index contributed by atoms with van der Waals surface area (Å²) >= 11 is 5.99. The van der Waals surface area contributed by atoms with Gasteiger partial charge in [0, 0.05) is 21.4 Å². The summed E-state index contributed by atoms with van der Waals surface area (Å²) < 4.78 is 18.8. The molecule has 3 nitrogen and oxygen atoms in total. The van der Waals surface area contributed by atoms with Crippen LogP contribution in [0.15, 0.2) is 42.6 Å². The molecule has 0 aliphatic heterocycles. The van der Waals surface area contributed by atoms with Crippen LogP contribution in [0.25, 0.3) is 22.0 Å². The predicted octanol–water partition coefficient (Wildman–Crippen LogP) is 4.79. The summed E-state index contributed by atoms with van der Waals surface area (Å²) in [5.41, 5.74) is 2.70. The standard InChI is InChI=1S/C18H13ClFNO2/c1-10-7-12(19)4-6-13(10)17-15-8-11(18(22)23-2)3-5-14(15)16(20)9-21-17/h3-9H,1-2H3. The predicted molar refractivity (Wildman–Crippen MR) is 88.2 cm³/mol. The number of carbonyl (C=O) groups is 1. The number of ether oxygens (including phenoxy) is 1. The topological polar surface area (TPSA) is 39.2 Å². The zero-order valence-electron chi connectivity index (χ0n) is 12.6. The molecule has 0 fully saturated rings. The smallest absolute Gasteiger partial charge is 0.337 e. The minimum atomic E-state index is -0.477. The van der Waals surface area contributed by atoms with Crippen LogP contribution in [-0.4, -0.2) is 18.1 Å². The van der Waals surface area contributed by atoms with Crippen molar-refractivity contribution in [1.29, 1.82) is 0 Å². The van der Waals surface area contributed by atoms with Gasteiger partial charge in [0.1, 0.15) is 5.82 Å². The van der Waals surface area contributed by atoms with Gasteiger partial charge in [0.2, 0.25) is 0 Å². The maximum atomic E-state index is 14.1. The maximum Gasteiger partial charge on any atom is 0.337 e. The number of benzene rings is 2. The van der Waals surface area contributed by atoms with E-state index in [0.717, 1.165) is 11.1 Å². The zero-order chi connectivity index (χ0) is 16.6. The minimum absolute atomic E-state index is 0.347. The zero-order valence-corrected chi connectivity index (χ0v) is 13.3. The van der Waals surface area contributed by atoms with Crippen LogP contribution < -0.4 is 0 Å². The lowest BCUT2D eigenvalue weighted by Crippen LogP contribution is -2.01. The third-order valence-electron chi connectivity index (χ3n) is 3.70. The number of nitrogens with zero attached hydrogens (tertiary/aromatic N) is 1. The lowest BCUT2D eigenvalue weighted by molar-refractivity contribution is 0.0601. The van der Waals surface area contributed by atoms with Crippen LogP contribution in [0.4, 0.5) is 4.39 Å². The number of esters is 1. The van der Waals surface area contributed by atoms with Gasteiger partial charge in [-0.2, -0.15) is 0 Å².